The Labute approximate surface area is 154 Å². The lowest BCUT2D eigenvalue weighted by molar-refractivity contribution is -0.207. The minimum absolute atomic E-state index is 0.343. The van der Waals surface area contributed by atoms with E-state index in [1.807, 2.05) is 12.1 Å². The third kappa shape index (κ3) is 2.43. The van der Waals surface area contributed by atoms with E-state index in [4.69, 9.17) is 18.6 Å². The Balaban J connectivity index is 1.99. The highest BCUT2D eigenvalue weighted by molar-refractivity contribution is 6.06. The van der Waals surface area contributed by atoms with Crippen LogP contribution in [0.15, 0.2) is 51.7 Å². The number of carbonyl (C=O) groups excluding carboxylic acids is 1. The van der Waals surface area contributed by atoms with Gasteiger partial charge in [-0.05, 0) is 29.8 Å². The second-order valence-electron chi connectivity index (χ2n) is 6.07. The molecule has 1 aromatic heterocycles. The minimum atomic E-state index is -1.62. The summed E-state index contributed by atoms with van der Waals surface area (Å²) in [6, 6.07) is 12.3. The largest absolute Gasteiger partial charge is 0.495 e. The van der Waals surface area contributed by atoms with Crippen molar-refractivity contribution in [3.8, 4) is 16.9 Å². The van der Waals surface area contributed by atoms with Crippen LogP contribution in [0.2, 0.25) is 0 Å². The molecule has 2 aromatic carbocycles. The van der Waals surface area contributed by atoms with Gasteiger partial charge in [-0.1, -0.05) is 18.2 Å². The van der Waals surface area contributed by atoms with Crippen molar-refractivity contribution >= 4 is 22.6 Å². The van der Waals surface area contributed by atoms with Crippen LogP contribution in [0.5, 0.6) is 5.75 Å². The molecule has 0 fully saturated rings. The molecule has 7 nitrogen and oxygen atoms in total. The van der Waals surface area contributed by atoms with Gasteiger partial charge in [0.1, 0.15) is 11.3 Å². The Morgan fingerprint density at radius 3 is 2.44 bits per heavy atom. The highest BCUT2D eigenvalue weighted by Crippen LogP contribution is 2.46. The predicted octanol–water partition coefficient (Wildman–Crippen LogP) is 2.87. The molecule has 0 saturated carbocycles. The van der Waals surface area contributed by atoms with E-state index in [9.17, 15) is 9.59 Å². The molecule has 0 saturated heterocycles. The Morgan fingerprint density at radius 2 is 1.74 bits per heavy atom. The van der Waals surface area contributed by atoms with Gasteiger partial charge in [0, 0.05) is 25.2 Å². The average Bonchev–Trinajstić information content (AvgIpc) is 2.98. The zero-order valence-electron chi connectivity index (χ0n) is 15.0. The third-order valence-corrected chi connectivity index (χ3v) is 4.74. The minimum Gasteiger partial charge on any atom is -0.495 e. The summed E-state index contributed by atoms with van der Waals surface area (Å²) in [6.45, 7) is 0. The molecule has 0 radical (unpaired) electrons. The zero-order valence-corrected chi connectivity index (χ0v) is 15.0. The zero-order chi connectivity index (χ0) is 19.2. The van der Waals surface area contributed by atoms with Crippen LogP contribution in [-0.4, -0.2) is 27.2 Å². The van der Waals surface area contributed by atoms with Crippen LogP contribution < -0.4 is 15.7 Å². The van der Waals surface area contributed by atoms with Crippen LogP contribution in [0, 0.1) is 0 Å². The van der Waals surface area contributed by atoms with Gasteiger partial charge in [0.25, 0.3) is 11.7 Å². The Bertz CT molecular complexity index is 1110. The maximum Gasteiger partial charge on any atom is 0.344 e. The predicted molar refractivity (Wildman–Crippen MR) is 98.8 cm³/mol. The standard InChI is InChI=1S/C20H17NO6/c1-24-16-10-12(9-14-17(16)21-19(23)20(14,25-2)26-3)13-8-11-6-4-5-7-15(11)27-18(13)22/h4-10H,1-3H3,(H,21,23). The van der Waals surface area contributed by atoms with Gasteiger partial charge in [-0.3, -0.25) is 4.79 Å². The SMILES string of the molecule is COc1cc(-c2cc3ccccc3oc2=O)cc2c1NC(=O)C2(OC)OC. The van der Waals surface area contributed by atoms with Crippen molar-refractivity contribution in [3.05, 3.63) is 58.4 Å². The summed E-state index contributed by atoms with van der Waals surface area (Å²) in [6.07, 6.45) is 0. The van der Waals surface area contributed by atoms with Gasteiger partial charge >= 0.3 is 5.63 Å². The lowest BCUT2D eigenvalue weighted by Gasteiger charge is -2.24. The van der Waals surface area contributed by atoms with E-state index in [1.165, 1.54) is 21.3 Å². The summed E-state index contributed by atoms with van der Waals surface area (Å²) >= 11 is 0. The maximum atomic E-state index is 12.5. The molecule has 0 bridgehead atoms. The number of ether oxygens (including phenoxy) is 3. The number of hydrogen-bond acceptors (Lipinski definition) is 6. The molecule has 7 heteroatoms. The number of para-hydroxylation sites is 1. The van der Waals surface area contributed by atoms with E-state index in [1.54, 1.807) is 30.3 Å². The monoisotopic (exact) mass is 367 g/mol. The number of nitrogens with one attached hydrogen (secondary N) is 1. The summed E-state index contributed by atoms with van der Waals surface area (Å²) in [5, 5.41) is 3.50. The van der Waals surface area contributed by atoms with Crippen LogP contribution in [0.25, 0.3) is 22.1 Å². The van der Waals surface area contributed by atoms with Crippen molar-refractivity contribution in [1.82, 2.24) is 0 Å². The molecule has 0 spiro atoms. The molecular weight excluding hydrogens is 350 g/mol. The first kappa shape index (κ1) is 17.3. The van der Waals surface area contributed by atoms with Crippen molar-refractivity contribution in [1.29, 1.82) is 0 Å². The topological polar surface area (TPSA) is 87.0 Å². The van der Waals surface area contributed by atoms with Crippen LogP contribution >= 0.6 is 0 Å². The van der Waals surface area contributed by atoms with Crippen molar-refractivity contribution in [2.45, 2.75) is 5.79 Å². The quantitative estimate of drug-likeness (QED) is 0.564. The first-order chi connectivity index (χ1) is 13.0. The number of amides is 1. The number of carbonyl (C=O) groups is 1. The van der Waals surface area contributed by atoms with Crippen LogP contribution in [-0.2, 0) is 20.1 Å². The van der Waals surface area contributed by atoms with E-state index in [2.05, 4.69) is 5.32 Å². The van der Waals surface area contributed by atoms with Crippen molar-refractivity contribution in [2.75, 3.05) is 26.6 Å². The van der Waals surface area contributed by atoms with Gasteiger partial charge in [0.2, 0.25) is 0 Å². The molecule has 2 heterocycles. The molecule has 1 aliphatic heterocycles. The molecule has 4 rings (SSSR count). The van der Waals surface area contributed by atoms with E-state index in [-0.39, 0.29) is 0 Å². The summed E-state index contributed by atoms with van der Waals surface area (Å²) in [5.74, 6) is -1.70. The highest BCUT2D eigenvalue weighted by atomic mass is 16.7. The van der Waals surface area contributed by atoms with Gasteiger partial charge in [0.05, 0.1) is 18.4 Å². The van der Waals surface area contributed by atoms with E-state index in [0.29, 0.717) is 33.7 Å². The maximum absolute atomic E-state index is 12.5. The van der Waals surface area contributed by atoms with E-state index < -0.39 is 17.3 Å². The molecule has 1 N–H and O–H groups in total. The number of anilines is 1. The smallest absolute Gasteiger partial charge is 0.344 e. The second kappa shape index (κ2) is 6.22. The average molecular weight is 367 g/mol. The lowest BCUT2D eigenvalue weighted by Crippen LogP contribution is -2.38. The summed E-state index contributed by atoms with van der Waals surface area (Å²) < 4.78 is 21.6. The Hall–Kier alpha value is -3.16. The van der Waals surface area contributed by atoms with E-state index in [0.717, 1.165) is 5.39 Å². The first-order valence-corrected chi connectivity index (χ1v) is 8.21. The first-order valence-electron chi connectivity index (χ1n) is 8.21. The normalized spacial score (nSPS) is 14.9. The van der Waals surface area contributed by atoms with Crippen LogP contribution in [0.1, 0.15) is 5.56 Å². The number of methoxy groups -OCH3 is 3. The van der Waals surface area contributed by atoms with Crippen molar-refractivity contribution in [3.63, 3.8) is 0 Å². The number of benzene rings is 2. The van der Waals surface area contributed by atoms with Crippen molar-refractivity contribution < 1.29 is 23.4 Å². The Morgan fingerprint density at radius 1 is 1.00 bits per heavy atom. The Kier molecular flexibility index (Phi) is 3.98. The van der Waals surface area contributed by atoms with Gasteiger partial charge in [-0.2, -0.15) is 0 Å². The lowest BCUT2D eigenvalue weighted by atomic mass is 9.98. The van der Waals surface area contributed by atoms with Gasteiger partial charge in [-0.25, -0.2) is 4.79 Å². The van der Waals surface area contributed by atoms with E-state index >= 15 is 0 Å². The fourth-order valence-corrected chi connectivity index (χ4v) is 3.39. The van der Waals surface area contributed by atoms with Gasteiger partial charge in [0.15, 0.2) is 0 Å². The molecule has 0 unspecified atom stereocenters. The molecule has 27 heavy (non-hydrogen) atoms. The number of fused-ring (bicyclic) bond motifs is 2. The molecule has 0 aliphatic carbocycles. The third-order valence-electron chi connectivity index (χ3n) is 4.74. The van der Waals surface area contributed by atoms with Crippen molar-refractivity contribution in [2.24, 2.45) is 0 Å². The van der Waals surface area contributed by atoms with Gasteiger partial charge < -0.3 is 23.9 Å². The summed E-state index contributed by atoms with van der Waals surface area (Å²) in [7, 11) is 4.23. The second-order valence-corrected chi connectivity index (χ2v) is 6.07. The fraction of sp³-hybridized carbons (Fsp3) is 0.200. The highest BCUT2D eigenvalue weighted by Gasteiger charge is 2.50. The van der Waals surface area contributed by atoms with Crippen LogP contribution in [0.3, 0.4) is 0 Å². The molecular formula is C20H17NO6. The number of rotatable bonds is 4. The molecule has 3 aromatic rings. The van der Waals surface area contributed by atoms with Crippen LogP contribution in [0.4, 0.5) is 5.69 Å². The van der Waals surface area contributed by atoms with Gasteiger partial charge in [-0.15, -0.1) is 0 Å². The molecule has 0 atom stereocenters. The molecule has 138 valence electrons. The summed E-state index contributed by atoms with van der Waals surface area (Å²) in [4.78, 5) is 25.0. The number of hydrogen-bond donors (Lipinski definition) is 1. The molecule has 1 amide bonds. The molecule has 1 aliphatic rings. The fourth-order valence-electron chi connectivity index (χ4n) is 3.39. The summed E-state index contributed by atoms with van der Waals surface area (Å²) in [5.41, 5.74) is 1.75.